The van der Waals surface area contributed by atoms with Crippen molar-refractivity contribution in [3.63, 3.8) is 0 Å². The molecule has 0 bridgehead atoms. The summed E-state index contributed by atoms with van der Waals surface area (Å²) in [4.78, 5) is 23.9. The van der Waals surface area contributed by atoms with Gasteiger partial charge < -0.3 is 4.74 Å². The summed E-state index contributed by atoms with van der Waals surface area (Å²) in [5.74, 6) is 0.751. The highest BCUT2D eigenvalue weighted by Gasteiger charge is 2.56. The Bertz CT molecular complexity index is 756. The summed E-state index contributed by atoms with van der Waals surface area (Å²) in [6.07, 6.45) is 16.2. The maximum absolute atomic E-state index is 12.8. The Labute approximate surface area is 169 Å². The second-order valence-electron chi connectivity index (χ2n) is 9.13. The number of Topliss-reactive ketones (excluding diaryl/α,β-unsaturated/α-hetero) is 1. The van der Waals surface area contributed by atoms with E-state index >= 15 is 0 Å². The molecule has 28 heavy (non-hydrogen) atoms. The molecule has 5 unspecified atom stereocenters. The van der Waals surface area contributed by atoms with Crippen LogP contribution in [0.4, 0.5) is 0 Å². The molecule has 0 heterocycles. The summed E-state index contributed by atoms with van der Waals surface area (Å²) in [5, 5.41) is 0. The number of allylic oxidation sites excluding steroid dienone is 7. The smallest absolute Gasteiger partial charge is 0.303 e. The quantitative estimate of drug-likeness (QED) is 0.460. The van der Waals surface area contributed by atoms with Crippen molar-refractivity contribution in [3.8, 4) is 0 Å². The number of ether oxygens (including phenoxy) is 1. The normalized spacial score (nSPS) is 38.6. The molecule has 3 aliphatic carbocycles. The zero-order valence-electron chi connectivity index (χ0n) is 17.8. The summed E-state index contributed by atoms with van der Waals surface area (Å²) in [7, 11) is 0. The first kappa shape index (κ1) is 20.8. The Morgan fingerprint density at radius 3 is 2.68 bits per heavy atom. The highest BCUT2D eigenvalue weighted by Crippen LogP contribution is 2.63. The van der Waals surface area contributed by atoms with E-state index in [0.29, 0.717) is 11.8 Å². The number of carbonyl (C=O) groups is 2. The van der Waals surface area contributed by atoms with Crippen LogP contribution >= 0.6 is 0 Å². The van der Waals surface area contributed by atoms with Gasteiger partial charge in [0.15, 0.2) is 5.78 Å². The van der Waals surface area contributed by atoms with Crippen LogP contribution in [0.15, 0.2) is 48.1 Å². The minimum atomic E-state index is -0.380. The third-order valence-corrected chi connectivity index (χ3v) is 7.67. The first-order valence-electron chi connectivity index (χ1n) is 10.6. The van der Waals surface area contributed by atoms with Gasteiger partial charge in [0.25, 0.3) is 0 Å². The predicted molar refractivity (Wildman–Crippen MR) is 113 cm³/mol. The average molecular weight is 383 g/mol. The lowest BCUT2D eigenvalue weighted by Crippen LogP contribution is -2.44. The number of carbonyl (C=O) groups excluding carboxylic acids is 2. The number of hydrogen-bond donors (Lipinski definition) is 0. The summed E-state index contributed by atoms with van der Waals surface area (Å²) < 4.78 is 5.02. The van der Waals surface area contributed by atoms with Crippen molar-refractivity contribution in [2.75, 3.05) is 6.61 Å². The Kier molecular flexibility index (Phi) is 5.84. The molecule has 3 rings (SSSR count). The Balaban J connectivity index is 1.92. The van der Waals surface area contributed by atoms with E-state index in [9.17, 15) is 9.59 Å². The first-order valence-corrected chi connectivity index (χ1v) is 10.6. The van der Waals surface area contributed by atoms with Crippen molar-refractivity contribution in [3.05, 3.63) is 48.1 Å². The fourth-order valence-corrected chi connectivity index (χ4v) is 6.36. The molecule has 3 heteroatoms. The van der Waals surface area contributed by atoms with E-state index in [2.05, 4.69) is 51.7 Å². The van der Waals surface area contributed by atoms with Gasteiger partial charge in [0.2, 0.25) is 0 Å². The topological polar surface area (TPSA) is 43.4 Å². The van der Waals surface area contributed by atoms with Gasteiger partial charge in [0.1, 0.15) is 6.61 Å². The highest BCUT2D eigenvalue weighted by molar-refractivity contribution is 5.85. The molecule has 152 valence electrons. The monoisotopic (exact) mass is 382 g/mol. The van der Waals surface area contributed by atoms with E-state index in [1.165, 1.54) is 18.1 Å². The highest BCUT2D eigenvalue weighted by atomic mass is 16.5. The minimum Gasteiger partial charge on any atom is -0.458 e. The van der Waals surface area contributed by atoms with Crippen molar-refractivity contribution in [1.82, 2.24) is 0 Å². The Morgan fingerprint density at radius 2 is 2.04 bits per heavy atom. The summed E-state index contributed by atoms with van der Waals surface area (Å²) in [6.45, 7) is 11.9. The van der Waals surface area contributed by atoms with E-state index in [1.54, 1.807) is 0 Å². The molecule has 5 atom stereocenters. The van der Waals surface area contributed by atoms with Gasteiger partial charge in [0, 0.05) is 18.3 Å². The lowest BCUT2D eigenvalue weighted by atomic mass is 9.52. The van der Waals surface area contributed by atoms with Crippen LogP contribution in [-0.4, -0.2) is 18.4 Å². The second kappa shape index (κ2) is 7.85. The van der Waals surface area contributed by atoms with Gasteiger partial charge in [-0.05, 0) is 63.2 Å². The van der Waals surface area contributed by atoms with Gasteiger partial charge in [-0.1, -0.05) is 55.0 Å². The van der Waals surface area contributed by atoms with Gasteiger partial charge in [-0.15, -0.1) is 0 Å². The molecule has 2 saturated carbocycles. The lowest BCUT2D eigenvalue weighted by Gasteiger charge is -2.51. The van der Waals surface area contributed by atoms with Crippen LogP contribution in [0.3, 0.4) is 0 Å². The van der Waals surface area contributed by atoms with Crippen molar-refractivity contribution in [2.45, 2.75) is 59.8 Å². The summed E-state index contributed by atoms with van der Waals surface area (Å²) in [6, 6.07) is 0. The fourth-order valence-electron chi connectivity index (χ4n) is 6.36. The zero-order chi connectivity index (χ0) is 20.5. The Morgan fingerprint density at radius 1 is 1.29 bits per heavy atom. The molecule has 3 nitrogen and oxygen atoms in total. The van der Waals surface area contributed by atoms with E-state index < -0.39 is 0 Å². The molecule has 0 aromatic rings. The first-order chi connectivity index (χ1) is 13.3. The van der Waals surface area contributed by atoms with Crippen LogP contribution in [0.5, 0.6) is 0 Å². The van der Waals surface area contributed by atoms with Crippen LogP contribution in [0.1, 0.15) is 59.8 Å². The molecule has 0 N–H and O–H groups in total. The molecule has 0 amide bonds. The van der Waals surface area contributed by atoms with Crippen molar-refractivity contribution < 1.29 is 14.3 Å². The SMILES string of the molecule is C=C/C=C1/CCC2C(=CCC3(C)C(C(=O)COC(C)=O)CCC23)C1(C)/C=C\C. The number of fused-ring (bicyclic) bond motifs is 3. The van der Waals surface area contributed by atoms with Crippen LogP contribution in [0, 0.1) is 28.6 Å². The van der Waals surface area contributed by atoms with Crippen molar-refractivity contribution in [1.29, 1.82) is 0 Å². The van der Waals surface area contributed by atoms with Gasteiger partial charge in [-0.2, -0.15) is 0 Å². The second-order valence-corrected chi connectivity index (χ2v) is 9.13. The standard InChI is InChI=1S/C25H34O3/c1-6-8-18-9-10-19-20-11-12-22(23(27)16-28-17(3)26)25(20,5)15-13-21(19)24(18,4)14-7-2/h6-8,13-14,19-20,22H,1,9-12,15-16H2,2-5H3/b14-7-,18-8-. The molecule has 0 radical (unpaired) electrons. The fraction of sp³-hybridized carbons (Fsp3) is 0.600. The molecule has 0 saturated heterocycles. The molecular formula is C25H34O3. The van der Waals surface area contributed by atoms with Crippen LogP contribution < -0.4 is 0 Å². The lowest BCUT2D eigenvalue weighted by molar-refractivity contribution is -0.148. The van der Waals surface area contributed by atoms with E-state index in [0.717, 1.165) is 32.1 Å². The van der Waals surface area contributed by atoms with Crippen LogP contribution in [-0.2, 0) is 14.3 Å². The third-order valence-electron chi connectivity index (χ3n) is 7.67. The number of rotatable bonds is 5. The van der Waals surface area contributed by atoms with Crippen LogP contribution in [0.2, 0.25) is 0 Å². The van der Waals surface area contributed by atoms with Gasteiger partial charge >= 0.3 is 5.97 Å². The number of hydrogen-bond acceptors (Lipinski definition) is 3. The maximum Gasteiger partial charge on any atom is 0.303 e. The summed E-state index contributed by atoms with van der Waals surface area (Å²) in [5.41, 5.74) is 2.89. The van der Waals surface area contributed by atoms with Crippen LogP contribution in [0.25, 0.3) is 0 Å². The molecule has 0 aromatic carbocycles. The average Bonchev–Trinajstić information content (AvgIpc) is 3.00. The molecule has 2 fully saturated rings. The van der Waals surface area contributed by atoms with E-state index in [-0.39, 0.29) is 35.1 Å². The van der Waals surface area contributed by atoms with E-state index in [4.69, 9.17) is 4.74 Å². The number of esters is 1. The van der Waals surface area contributed by atoms with Crippen molar-refractivity contribution >= 4 is 11.8 Å². The zero-order valence-corrected chi connectivity index (χ0v) is 17.8. The van der Waals surface area contributed by atoms with Gasteiger partial charge in [0.05, 0.1) is 0 Å². The molecule has 0 aromatic heterocycles. The Hall–Kier alpha value is -1.90. The number of ketones is 1. The maximum atomic E-state index is 12.8. The molecule has 3 aliphatic rings. The van der Waals surface area contributed by atoms with Gasteiger partial charge in [-0.25, -0.2) is 0 Å². The van der Waals surface area contributed by atoms with E-state index in [1.807, 2.05) is 6.08 Å². The molecule has 0 spiro atoms. The minimum absolute atomic E-state index is 0.00672. The van der Waals surface area contributed by atoms with Crippen molar-refractivity contribution in [2.24, 2.45) is 28.6 Å². The third kappa shape index (κ3) is 3.33. The summed E-state index contributed by atoms with van der Waals surface area (Å²) >= 11 is 0. The predicted octanol–water partition coefficient (Wildman–Crippen LogP) is 5.59. The molecular weight excluding hydrogens is 348 g/mol. The van der Waals surface area contributed by atoms with Gasteiger partial charge in [-0.3, -0.25) is 9.59 Å². The largest absolute Gasteiger partial charge is 0.458 e. The molecule has 0 aliphatic heterocycles.